The minimum Gasteiger partial charge on any atom is -0.306 e. The predicted molar refractivity (Wildman–Crippen MR) is 60.7 cm³/mol. The molecule has 15 heavy (non-hydrogen) atoms. The highest BCUT2D eigenvalue weighted by molar-refractivity contribution is 7.79. The molecule has 3 nitrogen and oxygen atoms in total. The highest BCUT2D eigenvalue weighted by Gasteiger charge is 2.07. The van der Waals surface area contributed by atoms with E-state index in [1.807, 2.05) is 30.3 Å². The van der Waals surface area contributed by atoms with E-state index in [2.05, 4.69) is 0 Å². The Labute approximate surface area is 91.1 Å². The molecule has 0 aliphatic heterocycles. The van der Waals surface area contributed by atoms with Crippen molar-refractivity contribution in [2.45, 2.75) is 6.92 Å². The summed E-state index contributed by atoms with van der Waals surface area (Å²) < 4.78 is 19.4. The van der Waals surface area contributed by atoms with E-state index in [9.17, 15) is 9.00 Å². The van der Waals surface area contributed by atoms with E-state index in [0.717, 1.165) is 5.56 Å². The molecule has 0 aromatic heterocycles. The molecule has 1 aromatic carbocycles. The van der Waals surface area contributed by atoms with E-state index in [0.29, 0.717) is 5.57 Å². The number of hydrogen-bond donors (Lipinski definition) is 1. The lowest BCUT2D eigenvalue weighted by Crippen LogP contribution is -2.06. The minimum absolute atomic E-state index is 0.121. The fraction of sp³-hybridized carbons (Fsp3) is 0.182. The quantitative estimate of drug-likeness (QED) is 0.627. The third-order valence-corrected chi connectivity index (χ3v) is 2.43. The molecular formula is C11H12O3S. The second kappa shape index (κ2) is 5.58. The number of ketones is 1. The van der Waals surface area contributed by atoms with Gasteiger partial charge in [-0.15, -0.1) is 0 Å². The maximum absolute atomic E-state index is 11.2. The molecule has 0 amide bonds. The second-order valence-electron chi connectivity index (χ2n) is 3.10. The van der Waals surface area contributed by atoms with E-state index >= 15 is 0 Å². The fourth-order valence-corrected chi connectivity index (χ4v) is 1.68. The summed E-state index contributed by atoms with van der Waals surface area (Å²) in [7, 11) is 0. The van der Waals surface area contributed by atoms with Gasteiger partial charge in [0, 0.05) is 5.57 Å². The van der Waals surface area contributed by atoms with Gasteiger partial charge in [-0.25, -0.2) is 4.21 Å². The molecule has 0 spiro atoms. The predicted octanol–water partition coefficient (Wildman–Crippen LogP) is 1.88. The Morgan fingerprint density at radius 3 is 2.47 bits per heavy atom. The average Bonchev–Trinajstić information content (AvgIpc) is 2.17. The molecule has 0 radical (unpaired) electrons. The molecule has 0 heterocycles. The van der Waals surface area contributed by atoms with Crippen LogP contribution in [-0.4, -0.2) is 20.3 Å². The van der Waals surface area contributed by atoms with Crippen LogP contribution >= 0.6 is 0 Å². The summed E-state index contributed by atoms with van der Waals surface area (Å²) in [6.07, 6.45) is 1.64. The van der Waals surface area contributed by atoms with Gasteiger partial charge in [-0.05, 0) is 18.6 Å². The SMILES string of the molecule is CC(=O)/C(=C/c1ccccc1)CS(=O)O. The summed E-state index contributed by atoms with van der Waals surface area (Å²) in [5, 5.41) is 0. The largest absolute Gasteiger partial charge is 0.306 e. The number of rotatable bonds is 4. The Kier molecular flexibility index (Phi) is 4.39. The Bertz CT molecular complexity index is 396. The van der Waals surface area contributed by atoms with Crippen molar-refractivity contribution in [3.05, 3.63) is 41.5 Å². The van der Waals surface area contributed by atoms with Gasteiger partial charge in [-0.1, -0.05) is 30.3 Å². The van der Waals surface area contributed by atoms with Gasteiger partial charge in [-0.3, -0.25) is 4.79 Å². The molecule has 0 aliphatic carbocycles. The van der Waals surface area contributed by atoms with Gasteiger partial charge in [0.25, 0.3) is 0 Å². The molecule has 1 aromatic rings. The zero-order chi connectivity index (χ0) is 11.3. The number of benzene rings is 1. The molecule has 0 saturated heterocycles. The van der Waals surface area contributed by atoms with Crippen molar-refractivity contribution in [2.75, 3.05) is 5.75 Å². The lowest BCUT2D eigenvalue weighted by Gasteiger charge is -2.00. The summed E-state index contributed by atoms with van der Waals surface area (Å²) in [4.78, 5) is 11.2. The summed E-state index contributed by atoms with van der Waals surface area (Å²) >= 11 is -1.98. The van der Waals surface area contributed by atoms with Gasteiger partial charge in [0.2, 0.25) is 0 Å². The van der Waals surface area contributed by atoms with Crippen LogP contribution < -0.4 is 0 Å². The Morgan fingerprint density at radius 1 is 1.40 bits per heavy atom. The van der Waals surface area contributed by atoms with Crippen LogP contribution in [0.15, 0.2) is 35.9 Å². The monoisotopic (exact) mass is 224 g/mol. The van der Waals surface area contributed by atoms with Crippen molar-refractivity contribution in [3.8, 4) is 0 Å². The zero-order valence-electron chi connectivity index (χ0n) is 8.34. The molecule has 0 saturated carbocycles. The maximum atomic E-state index is 11.2. The number of Topliss-reactive ketones (excluding diaryl/α,β-unsaturated/α-hetero) is 1. The standard InChI is InChI=1S/C11H12O3S/c1-9(12)11(8-15(13)14)7-10-5-3-2-4-6-10/h2-7H,8H2,1H3,(H,13,14)/b11-7+. The van der Waals surface area contributed by atoms with Crippen LogP contribution in [0.5, 0.6) is 0 Å². The first-order chi connectivity index (χ1) is 7.09. The smallest absolute Gasteiger partial charge is 0.157 e. The molecule has 1 atom stereocenters. The van der Waals surface area contributed by atoms with Crippen molar-refractivity contribution in [2.24, 2.45) is 0 Å². The molecule has 0 fully saturated rings. The lowest BCUT2D eigenvalue weighted by atomic mass is 10.1. The van der Waals surface area contributed by atoms with Gasteiger partial charge in [0.15, 0.2) is 16.9 Å². The first-order valence-electron chi connectivity index (χ1n) is 4.43. The van der Waals surface area contributed by atoms with Gasteiger partial charge < -0.3 is 4.55 Å². The van der Waals surface area contributed by atoms with Gasteiger partial charge in [0.1, 0.15) is 0 Å². The fourth-order valence-electron chi connectivity index (χ4n) is 1.13. The summed E-state index contributed by atoms with van der Waals surface area (Å²) in [5.41, 5.74) is 1.22. The lowest BCUT2D eigenvalue weighted by molar-refractivity contribution is -0.113. The van der Waals surface area contributed by atoms with Gasteiger partial charge in [0.05, 0.1) is 5.75 Å². The van der Waals surface area contributed by atoms with Crippen LogP contribution in [0.25, 0.3) is 6.08 Å². The summed E-state index contributed by atoms with van der Waals surface area (Å²) in [6.45, 7) is 1.39. The van der Waals surface area contributed by atoms with Crippen LogP contribution in [0.2, 0.25) is 0 Å². The van der Waals surface area contributed by atoms with Crippen molar-refractivity contribution < 1.29 is 13.6 Å². The first kappa shape index (κ1) is 11.8. The van der Waals surface area contributed by atoms with E-state index in [1.165, 1.54) is 6.92 Å². The van der Waals surface area contributed by atoms with Gasteiger partial charge in [-0.2, -0.15) is 0 Å². The molecule has 0 bridgehead atoms. The third-order valence-electron chi connectivity index (χ3n) is 1.87. The van der Waals surface area contributed by atoms with E-state index in [4.69, 9.17) is 4.55 Å². The first-order valence-corrected chi connectivity index (χ1v) is 5.71. The van der Waals surface area contributed by atoms with Crippen molar-refractivity contribution in [3.63, 3.8) is 0 Å². The molecule has 4 heteroatoms. The molecular weight excluding hydrogens is 212 g/mol. The zero-order valence-corrected chi connectivity index (χ0v) is 9.16. The van der Waals surface area contributed by atoms with Crippen molar-refractivity contribution in [1.82, 2.24) is 0 Å². The molecule has 80 valence electrons. The van der Waals surface area contributed by atoms with Crippen LogP contribution in [0.1, 0.15) is 12.5 Å². The van der Waals surface area contributed by atoms with Crippen molar-refractivity contribution in [1.29, 1.82) is 0 Å². The molecule has 1 N–H and O–H groups in total. The van der Waals surface area contributed by atoms with E-state index in [1.54, 1.807) is 6.08 Å². The topological polar surface area (TPSA) is 54.4 Å². The maximum Gasteiger partial charge on any atom is 0.157 e. The molecule has 1 rings (SSSR count). The van der Waals surface area contributed by atoms with Crippen molar-refractivity contribution >= 4 is 22.9 Å². The highest BCUT2D eigenvalue weighted by Crippen LogP contribution is 2.08. The van der Waals surface area contributed by atoms with Crippen LogP contribution in [-0.2, 0) is 15.9 Å². The molecule has 1 unspecified atom stereocenters. The van der Waals surface area contributed by atoms with Crippen LogP contribution in [0.4, 0.5) is 0 Å². The van der Waals surface area contributed by atoms with E-state index < -0.39 is 11.1 Å². The number of carbonyl (C=O) groups excluding carboxylic acids is 1. The van der Waals surface area contributed by atoms with Gasteiger partial charge >= 0.3 is 0 Å². The summed E-state index contributed by atoms with van der Waals surface area (Å²) in [5.74, 6) is -0.300. The van der Waals surface area contributed by atoms with Crippen LogP contribution in [0.3, 0.4) is 0 Å². The van der Waals surface area contributed by atoms with E-state index in [-0.39, 0.29) is 11.5 Å². The average molecular weight is 224 g/mol. The summed E-state index contributed by atoms with van der Waals surface area (Å²) in [6, 6.07) is 9.24. The minimum atomic E-state index is -1.98. The number of carbonyl (C=O) groups is 1. The molecule has 0 aliphatic rings. The Hall–Kier alpha value is -1.26. The highest BCUT2D eigenvalue weighted by atomic mass is 32.2. The Balaban J connectivity index is 2.94. The van der Waals surface area contributed by atoms with Crippen LogP contribution in [0, 0.1) is 0 Å². The normalized spacial score (nSPS) is 13.6. The third kappa shape index (κ3) is 4.18. The Morgan fingerprint density at radius 2 is 2.00 bits per heavy atom. The second-order valence-corrected chi connectivity index (χ2v) is 4.03. The number of hydrogen-bond acceptors (Lipinski definition) is 2.